The van der Waals surface area contributed by atoms with Crippen LogP contribution in [0.2, 0.25) is 5.02 Å². The Bertz CT molecular complexity index is 897. The summed E-state index contributed by atoms with van der Waals surface area (Å²) in [5.74, 6) is 1.22. The number of hydrogen-bond donors (Lipinski definition) is 1. The monoisotopic (exact) mass is 462 g/mol. The molecule has 8 heteroatoms. The van der Waals surface area contributed by atoms with Gasteiger partial charge in [0.05, 0.1) is 14.2 Å². The summed E-state index contributed by atoms with van der Waals surface area (Å²) in [4.78, 5) is 27.3. The molecule has 0 fully saturated rings. The molecule has 0 aliphatic rings. The molecule has 0 saturated heterocycles. The third-order valence-electron chi connectivity index (χ3n) is 4.84. The fraction of sp³-hybridized carbons (Fsp3) is 0.417. The fourth-order valence-corrected chi connectivity index (χ4v) is 3.13. The van der Waals surface area contributed by atoms with Gasteiger partial charge in [0, 0.05) is 36.3 Å². The third-order valence-corrected chi connectivity index (χ3v) is 5.21. The fourth-order valence-electron chi connectivity index (χ4n) is 2.94. The van der Waals surface area contributed by atoms with Crippen molar-refractivity contribution in [1.29, 1.82) is 0 Å². The molecule has 0 bridgehead atoms. The van der Waals surface area contributed by atoms with E-state index in [0.717, 1.165) is 5.56 Å². The van der Waals surface area contributed by atoms with Crippen LogP contribution in [-0.4, -0.2) is 50.1 Å². The Labute approximate surface area is 194 Å². The van der Waals surface area contributed by atoms with Crippen molar-refractivity contribution in [3.8, 4) is 17.2 Å². The zero-order valence-corrected chi connectivity index (χ0v) is 19.9. The number of halogens is 1. The van der Waals surface area contributed by atoms with Crippen molar-refractivity contribution >= 4 is 23.4 Å². The minimum atomic E-state index is -0.707. The highest BCUT2D eigenvalue weighted by Gasteiger charge is 2.27. The quantitative estimate of drug-likeness (QED) is 0.547. The Morgan fingerprint density at radius 3 is 2.16 bits per heavy atom. The smallest absolute Gasteiger partial charge is 0.261 e. The lowest BCUT2D eigenvalue weighted by Gasteiger charge is -2.29. The highest BCUT2D eigenvalue weighted by Crippen LogP contribution is 2.27. The van der Waals surface area contributed by atoms with Gasteiger partial charge in [0.1, 0.15) is 23.3 Å². The van der Waals surface area contributed by atoms with Crippen LogP contribution in [0.5, 0.6) is 17.2 Å². The van der Waals surface area contributed by atoms with E-state index in [1.165, 1.54) is 19.1 Å². The van der Waals surface area contributed by atoms with Gasteiger partial charge in [-0.2, -0.15) is 0 Å². The summed E-state index contributed by atoms with van der Waals surface area (Å²) >= 11 is 6.30. The highest BCUT2D eigenvalue weighted by atomic mass is 35.5. The van der Waals surface area contributed by atoms with Gasteiger partial charge in [0.2, 0.25) is 5.91 Å². The summed E-state index contributed by atoms with van der Waals surface area (Å²) in [7, 11) is 3.07. The zero-order chi connectivity index (χ0) is 23.7. The van der Waals surface area contributed by atoms with Crippen LogP contribution in [0.4, 0.5) is 0 Å². The summed E-state index contributed by atoms with van der Waals surface area (Å²) in [6.07, 6.45) is 0. The van der Waals surface area contributed by atoms with E-state index in [1.807, 2.05) is 32.0 Å². The molecule has 0 radical (unpaired) electrons. The molecule has 2 aromatic rings. The summed E-state index contributed by atoms with van der Waals surface area (Å²) < 4.78 is 16.2. The average Bonchev–Trinajstić information content (AvgIpc) is 2.79. The summed E-state index contributed by atoms with van der Waals surface area (Å²) in [5, 5.41) is 3.41. The van der Waals surface area contributed by atoms with Crippen LogP contribution in [0.1, 0.15) is 26.3 Å². The van der Waals surface area contributed by atoms with Crippen molar-refractivity contribution in [3.05, 3.63) is 53.1 Å². The van der Waals surface area contributed by atoms with Crippen LogP contribution in [0.15, 0.2) is 42.5 Å². The Morgan fingerprint density at radius 1 is 1.00 bits per heavy atom. The molecule has 0 aliphatic heterocycles. The summed E-state index contributed by atoms with van der Waals surface area (Å²) in [6, 6.07) is 11.6. The van der Waals surface area contributed by atoms with Crippen LogP contribution in [-0.2, 0) is 16.1 Å². The number of methoxy groups -OCH3 is 2. The lowest BCUT2D eigenvalue weighted by molar-refractivity contribution is -0.142. The topological polar surface area (TPSA) is 77.1 Å². The van der Waals surface area contributed by atoms with E-state index in [-0.39, 0.29) is 25.0 Å². The molecule has 2 aromatic carbocycles. The van der Waals surface area contributed by atoms with Crippen LogP contribution < -0.4 is 19.5 Å². The first kappa shape index (κ1) is 25.3. The molecular weight excluding hydrogens is 432 g/mol. The first-order valence-electron chi connectivity index (χ1n) is 10.4. The maximum absolute atomic E-state index is 13.1. The van der Waals surface area contributed by atoms with Crippen molar-refractivity contribution in [2.75, 3.05) is 27.4 Å². The number of nitrogens with zero attached hydrogens (tertiary/aromatic N) is 1. The van der Waals surface area contributed by atoms with E-state index in [0.29, 0.717) is 34.7 Å². The zero-order valence-electron chi connectivity index (χ0n) is 19.2. The van der Waals surface area contributed by atoms with E-state index in [4.69, 9.17) is 25.8 Å². The van der Waals surface area contributed by atoms with E-state index in [2.05, 4.69) is 5.32 Å². The van der Waals surface area contributed by atoms with Gasteiger partial charge in [-0.05, 0) is 24.5 Å². The summed E-state index contributed by atoms with van der Waals surface area (Å²) in [6.45, 7) is 6.15. The van der Waals surface area contributed by atoms with Crippen LogP contribution in [0.3, 0.4) is 0 Å². The number of amides is 2. The van der Waals surface area contributed by atoms with Gasteiger partial charge in [-0.3, -0.25) is 9.59 Å². The second-order valence-electron chi connectivity index (χ2n) is 7.77. The molecule has 0 aromatic heterocycles. The standard InChI is InChI=1S/C24H31ClN2O5/c1-16(2)13-26-24(29)17(3)27(14-18-8-6-7-9-22(18)25)23(28)15-32-21-11-19(30-4)10-20(12-21)31-5/h6-12,16-17H,13-15H2,1-5H3,(H,26,29)/t17-/m1/s1. The molecule has 32 heavy (non-hydrogen) atoms. The van der Waals surface area contributed by atoms with Crippen molar-refractivity contribution in [3.63, 3.8) is 0 Å². The van der Waals surface area contributed by atoms with Crippen molar-refractivity contribution in [1.82, 2.24) is 10.2 Å². The number of nitrogens with one attached hydrogen (secondary N) is 1. The number of hydrogen-bond acceptors (Lipinski definition) is 5. The lowest BCUT2D eigenvalue weighted by Crippen LogP contribution is -2.49. The SMILES string of the molecule is COc1cc(OC)cc(OCC(=O)N(Cc2ccccc2Cl)[C@H](C)C(=O)NCC(C)C)c1. The Morgan fingerprint density at radius 2 is 1.59 bits per heavy atom. The number of carbonyl (C=O) groups excluding carboxylic acids is 2. The predicted octanol–water partition coefficient (Wildman–Crippen LogP) is 3.93. The van der Waals surface area contributed by atoms with Gasteiger partial charge in [0.15, 0.2) is 6.61 Å². The number of ether oxygens (including phenoxy) is 3. The van der Waals surface area contributed by atoms with Crippen LogP contribution >= 0.6 is 11.6 Å². The first-order valence-corrected chi connectivity index (χ1v) is 10.8. The molecular formula is C24H31ClN2O5. The van der Waals surface area contributed by atoms with Crippen molar-refractivity contribution in [2.24, 2.45) is 5.92 Å². The largest absolute Gasteiger partial charge is 0.496 e. The molecule has 7 nitrogen and oxygen atoms in total. The molecule has 0 aliphatic carbocycles. The normalized spacial score (nSPS) is 11.6. The van der Waals surface area contributed by atoms with Gasteiger partial charge in [-0.15, -0.1) is 0 Å². The van der Waals surface area contributed by atoms with Crippen LogP contribution in [0.25, 0.3) is 0 Å². The number of benzene rings is 2. The molecule has 0 heterocycles. The minimum absolute atomic E-state index is 0.180. The van der Waals surface area contributed by atoms with Crippen LogP contribution in [0, 0.1) is 5.92 Å². The van der Waals surface area contributed by atoms with Crippen molar-refractivity contribution in [2.45, 2.75) is 33.4 Å². The van der Waals surface area contributed by atoms with Gasteiger partial charge in [-0.1, -0.05) is 43.6 Å². The van der Waals surface area contributed by atoms with Gasteiger partial charge in [0.25, 0.3) is 5.91 Å². The van der Waals surface area contributed by atoms with Gasteiger partial charge in [-0.25, -0.2) is 0 Å². The highest BCUT2D eigenvalue weighted by molar-refractivity contribution is 6.31. The predicted molar refractivity (Wildman–Crippen MR) is 124 cm³/mol. The Kier molecular flexibility index (Phi) is 9.65. The Balaban J connectivity index is 2.19. The van der Waals surface area contributed by atoms with E-state index >= 15 is 0 Å². The van der Waals surface area contributed by atoms with E-state index in [9.17, 15) is 9.59 Å². The average molecular weight is 463 g/mol. The number of rotatable bonds is 11. The molecule has 0 unspecified atom stereocenters. The molecule has 0 saturated carbocycles. The number of carbonyl (C=O) groups is 2. The molecule has 1 atom stereocenters. The maximum atomic E-state index is 13.1. The minimum Gasteiger partial charge on any atom is -0.496 e. The van der Waals surface area contributed by atoms with Gasteiger partial charge < -0.3 is 24.4 Å². The van der Waals surface area contributed by atoms with Gasteiger partial charge >= 0.3 is 0 Å². The molecule has 0 spiro atoms. The molecule has 174 valence electrons. The molecule has 2 amide bonds. The lowest BCUT2D eigenvalue weighted by atomic mass is 10.1. The van der Waals surface area contributed by atoms with E-state index in [1.54, 1.807) is 31.2 Å². The first-order chi connectivity index (χ1) is 15.2. The Hall–Kier alpha value is -2.93. The molecule has 2 rings (SSSR count). The van der Waals surface area contributed by atoms with E-state index < -0.39 is 6.04 Å². The van der Waals surface area contributed by atoms with Crippen molar-refractivity contribution < 1.29 is 23.8 Å². The summed E-state index contributed by atoms with van der Waals surface area (Å²) in [5.41, 5.74) is 0.745. The third kappa shape index (κ3) is 7.34. The maximum Gasteiger partial charge on any atom is 0.261 e. The molecule has 1 N–H and O–H groups in total. The second-order valence-corrected chi connectivity index (χ2v) is 8.17. The second kappa shape index (κ2) is 12.2.